The molecule has 2 rings (SSSR count). The molecular formula is C14H15NTe2. The van der Waals surface area contributed by atoms with E-state index < -0.39 is 0 Å². The van der Waals surface area contributed by atoms with Crippen molar-refractivity contribution in [3.05, 3.63) is 48.5 Å². The molecule has 1 N–H and O–H groups in total. The molecule has 0 aromatic heterocycles. The van der Waals surface area contributed by atoms with Crippen LogP contribution in [0.3, 0.4) is 0 Å². The Balaban J connectivity index is 2.18. The van der Waals surface area contributed by atoms with Gasteiger partial charge in [0.05, 0.1) is 0 Å². The van der Waals surface area contributed by atoms with Crippen LogP contribution in [0.15, 0.2) is 48.5 Å². The Hall–Kier alpha value is -0.181. The molecule has 1 nitrogen and oxygen atoms in total. The molecule has 2 aromatic carbocycles. The summed E-state index contributed by atoms with van der Waals surface area (Å²) in [7, 11) is 0. The van der Waals surface area contributed by atoms with Crippen molar-refractivity contribution in [2.45, 2.75) is 9.94 Å². The Bertz CT molecular complexity index is 452. The molecule has 0 aliphatic rings. The standard InChI is InChI=1S/C14H15NTe2/c1-16-13-7-3-5-11(9-13)15-12-6-4-8-14(10-12)17-2/h3-10,15H,1-2H3. The quantitative estimate of drug-likeness (QED) is 0.702. The predicted molar refractivity (Wildman–Crippen MR) is 78.7 cm³/mol. The number of nitrogens with one attached hydrogen (secondary N) is 1. The van der Waals surface area contributed by atoms with Gasteiger partial charge in [0, 0.05) is 0 Å². The van der Waals surface area contributed by atoms with Gasteiger partial charge in [-0.25, -0.2) is 0 Å². The van der Waals surface area contributed by atoms with Gasteiger partial charge in [0.1, 0.15) is 0 Å². The first-order valence-electron chi connectivity index (χ1n) is 5.37. The van der Waals surface area contributed by atoms with Crippen molar-refractivity contribution in [1.29, 1.82) is 0 Å². The molecule has 0 radical (unpaired) electrons. The van der Waals surface area contributed by atoms with Gasteiger partial charge < -0.3 is 0 Å². The Kier molecular flexibility index (Phi) is 5.20. The van der Waals surface area contributed by atoms with Crippen LogP contribution in [0.1, 0.15) is 0 Å². The van der Waals surface area contributed by atoms with Gasteiger partial charge in [0.15, 0.2) is 0 Å². The fraction of sp³-hybridized carbons (Fsp3) is 0.143. The predicted octanol–water partition coefficient (Wildman–Crippen LogP) is 2.19. The van der Waals surface area contributed by atoms with Crippen molar-refractivity contribution >= 4 is 60.4 Å². The van der Waals surface area contributed by atoms with E-state index in [1.807, 2.05) is 0 Å². The van der Waals surface area contributed by atoms with Gasteiger partial charge in [-0.05, 0) is 0 Å². The van der Waals surface area contributed by atoms with Gasteiger partial charge in [-0.1, -0.05) is 0 Å². The van der Waals surface area contributed by atoms with E-state index in [9.17, 15) is 0 Å². The first kappa shape index (κ1) is 13.3. The van der Waals surface area contributed by atoms with Gasteiger partial charge >= 0.3 is 124 Å². The zero-order chi connectivity index (χ0) is 12.1. The second kappa shape index (κ2) is 6.67. The topological polar surface area (TPSA) is 12.0 Å². The normalized spacial score (nSPS) is 10.2. The molecule has 0 fully saturated rings. The number of hydrogen-bond donors (Lipinski definition) is 1. The van der Waals surface area contributed by atoms with Crippen LogP contribution in [0, 0.1) is 0 Å². The van der Waals surface area contributed by atoms with Crippen molar-refractivity contribution in [3.63, 3.8) is 0 Å². The molecule has 17 heavy (non-hydrogen) atoms. The van der Waals surface area contributed by atoms with Crippen LogP contribution < -0.4 is 12.5 Å². The fourth-order valence-electron chi connectivity index (χ4n) is 1.57. The number of benzene rings is 2. The Morgan fingerprint density at radius 1 is 0.765 bits per heavy atom. The van der Waals surface area contributed by atoms with E-state index in [1.54, 1.807) is 0 Å². The molecule has 88 valence electrons. The summed E-state index contributed by atoms with van der Waals surface area (Å²) in [6, 6.07) is 17.6. The summed E-state index contributed by atoms with van der Waals surface area (Å²) in [5.74, 6) is 0. The van der Waals surface area contributed by atoms with Crippen LogP contribution in [0.2, 0.25) is 9.94 Å². The molecule has 0 bridgehead atoms. The fourth-order valence-corrected chi connectivity index (χ4v) is 4.19. The zero-order valence-electron chi connectivity index (χ0n) is 9.94. The molecule has 3 heteroatoms. The minimum atomic E-state index is 0.00823. The molecule has 0 amide bonds. The van der Waals surface area contributed by atoms with Gasteiger partial charge in [0.2, 0.25) is 0 Å². The summed E-state index contributed by atoms with van der Waals surface area (Å²) < 4.78 is 3.00. The summed E-state index contributed by atoms with van der Waals surface area (Å²) in [6.45, 7) is 0. The summed E-state index contributed by atoms with van der Waals surface area (Å²) >= 11 is 0.0165. The van der Waals surface area contributed by atoms with E-state index in [2.05, 4.69) is 63.8 Å². The molecule has 0 aliphatic carbocycles. The molecule has 0 atom stereocenters. The van der Waals surface area contributed by atoms with Crippen LogP contribution in [0.4, 0.5) is 11.4 Å². The Labute approximate surface area is 123 Å². The third kappa shape index (κ3) is 3.90. The molecule has 2 aromatic rings. The van der Waals surface area contributed by atoms with Crippen LogP contribution >= 0.6 is 0 Å². The zero-order valence-corrected chi connectivity index (χ0v) is 14.6. The Morgan fingerprint density at radius 3 is 1.65 bits per heavy atom. The monoisotopic (exact) mass is 457 g/mol. The van der Waals surface area contributed by atoms with Crippen LogP contribution in [-0.2, 0) is 0 Å². The van der Waals surface area contributed by atoms with E-state index in [4.69, 9.17) is 0 Å². The number of hydrogen-bond acceptors (Lipinski definition) is 1. The van der Waals surface area contributed by atoms with Crippen molar-refractivity contribution in [3.8, 4) is 0 Å². The second-order valence-corrected chi connectivity index (χ2v) is 8.61. The number of rotatable bonds is 4. The van der Waals surface area contributed by atoms with Gasteiger partial charge in [-0.3, -0.25) is 0 Å². The second-order valence-electron chi connectivity index (χ2n) is 3.59. The van der Waals surface area contributed by atoms with Gasteiger partial charge in [-0.15, -0.1) is 0 Å². The summed E-state index contributed by atoms with van der Waals surface area (Å²) in [5.41, 5.74) is 2.42. The molecule has 0 saturated carbocycles. The average Bonchev–Trinajstić information content (AvgIpc) is 2.39. The van der Waals surface area contributed by atoms with Gasteiger partial charge in [0.25, 0.3) is 0 Å². The van der Waals surface area contributed by atoms with Crippen LogP contribution in [0.25, 0.3) is 0 Å². The maximum absolute atomic E-state index is 3.49. The SMILES string of the molecule is C[Te]c1cccc(Nc2cccc([Te]C)c2)c1. The van der Waals surface area contributed by atoms with E-state index in [0.717, 1.165) is 0 Å². The van der Waals surface area contributed by atoms with Crippen molar-refractivity contribution in [2.24, 2.45) is 0 Å². The third-order valence-corrected chi connectivity index (χ3v) is 6.57. The third-order valence-electron chi connectivity index (χ3n) is 2.43. The van der Waals surface area contributed by atoms with Crippen LogP contribution in [0.5, 0.6) is 0 Å². The average molecular weight is 452 g/mol. The van der Waals surface area contributed by atoms with E-state index in [1.165, 1.54) is 18.6 Å². The van der Waals surface area contributed by atoms with Crippen molar-refractivity contribution in [2.75, 3.05) is 5.32 Å². The molecule has 0 unspecified atom stereocenters. The van der Waals surface area contributed by atoms with Crippen LogP contribution in [-0.4, -0.2) is 41.8 Å². The summed E-state index contributed by atoms with van der Waals surface area (Å²) in [5, 5.41) is 3.49. The summed E-state index contributed by atoms with van der Waals surface area (Å²) in [6.07, 6.45) is 0. The van der Waals surface area contributed by atoms with Gasteiger partial charge in [-0.2, -0.15) is 0 Å². The van der Waals surface area contributed by atoms with E-state index in [0.29, 0.717) is 0 Å². The maximum atomic E-state index is 3.49. The molecule has 0 saturated heterocycles. The molecule has 0 heterocycles. The molecular weight excluding hydrogens is 437 g/mol. The first-order valence-corrected chi connectivity index (χ1v) is 12.4. The number of anilines is 2. The van der Waals surface area contributed by atoms with Crippen molar-refractivity contribution in [1.82, 2.24) is 0 Å². The molecule has 0 spiro atoms. The summed E-state index contributed by atoms with van der Waals surface area (Å²) in [4.78, 5) is 4.63. The Morgan fingerprint density at radius 2 is 1.24 bits per heavy atom. The first-order chi connectivity index (χ1) is 8.31. The van der Waals surface area contributed by atoms with Crippen molar-refractivity contribution < 1.29 is 0 Å². The molecule has 0 aliphatic heterocycles. The van der Waals surface area contributed by atoms with E-state index >= 15 is 0 Å². The van der Waals surface area contributed by atoms with E-state index in [-0.39, 0.29) is 41.8 Å². The minimum absolute atomic E-state index is 0.00823.